The topological polar surface area (TPSA) is 67.9 Å². The van der Waals surface area contributed by atoms with Crippen molar-refractivity contribution in [2.24, 2.45) is 0 Å². The third-order valence-electron chi connectivity index (χ3n) is 4.24. The minimum Gasteiger partial charge on any atom is -0.490 e. The zero-order chi connectivity index (χ0) is 21.8. The average molecular weight is 524 g/mol. The van der Waals surface area contributed by atoms with Crippen LogP contribution in [-0.4, -0.2) is 29.5 Å². The molecule has 1 aliphatic rings. The van der Waals surface area contributed by atoms with E-state index in [2.05, 4.69) is 27.9 Å². The number of rotatable bonds is 7. The summed E-state index contributed by atoms with van der Waals surface area (Å²) in [5.41, 5.74) is 1.06. The van der Waals surface area contributed by atoms with Gasteiger partial charge in [0.15, 0.2) is 11.5 Å². The molecule has 0 bridgehead atoms. The highest BCUT2D eigenvalue weighted by Gasteiger charge is 2.34. The highest BCUT2D eigenvalue weighted by atomic mass is 127. The molecule has 3 amide bonds. The summed E-state index contributed by atoms with van der Waals surface area (Å²) in [5.74, 6) is 0.216. The van der Waals surface area contributed by atoms with Crippen molar-refractivity contribution in [3.63, 3.8) is 0 Å². The van der Waals surface area contributed by atoms with Crippen molar-refractivity contribution >= 4 is 40.6 Å². The number of halogens is 2. The molecule has 3 rings (SSSR count). The second-order valence-electron chi connectivity index (χ2n) is 6.90. The standard InChI is InChI=1S/C22H22FIN2O4/c1-4-29-19-11-14(9-17(24)20(19)30-13(2)3)10-18-21(27)26(22(28)25-18)12-15-7-5-6-8-16(15)23/h5-11,13H,4,12H2,1-3H3,(H,25,28)/b18-10+. The fourth-order valence-corrected chi connectivity index (χ4v) is 3.72. The predicted molar refractivity (Wildman–Crippen MR) is 120 cm³/mol. The Kier molecular flexibility index (Phi) is 6.96. The van der Waals surface area contributed by atoms with Crippen LogP contribution in [0.25, 0.3) is 6.08 Å². The zero-order valence-corrected chi connectivity index (χ0v) is 19.0. The summed E-state index contributed by atoms with van der Waals surface area (Å²) in [6.45, 7) is 6.05. The molecule has 0 aromatic heterocycles. The maximum atomic E-state index is 13.9. The van der Waals surface area contributed by atoms with Gasteiger partial charge in [0.05, 0.1) is 22.8 Å². The molecule has 30 heavy (non-hydrogen) atoms. The van der Waals surface area contributed by atoms with E-state index >= 15 is 0 Å². The number of nitrogens with one attached hydrogen (secondary N) is 1. The van der Waals surface area contributed by atoms with Crippen molar-refractivity contribution in [2.75, 3.05) is 6.61 Å². The number of benzene rings is 2. The van der Waals surface area contributed by atoms with Crippen molar-refractivity contribution < 1.29 is 23.5 Å². The third kappa shape index (κ3) is 4.92. The Labute approximate surface area is 188 Å². The average Bonchev–Trinajstić information content (AvgIpc) is 2.93. The van der Waals surface area contributed by atoms with Crippen molar-refractivity contribution in [1.82, 2.24) is 10.2 Å². The molecule has 1 saturated heterocycles. The van der Waals surface area contributed by atoms with Crippen molar-refractivity contribution in [1.29, 1.82) is 0 Å². The lowest BCUT2D eigenvalue weighted by atomic mass is 10.1. The highest BCUT2D eigenvalue weighted by Crippen LogP contribution is 2.36. The maximum Gasteiger partial charge on any atom is 0.329 e. The highest BCUT2D eigenvalue weighted by molar-refractivity contribution is 14.1. The van der Waals surface area contributed by atoms with E-state index in [0.29, 0.717) is 23.7 Å². The summed E-state index contributed by atoms with van der Waals surface area (Å²) < 4.78 is 26.3. The normalized spacial score (nSPS) is 15.1. The Bertz CT molecular complexity index is 1010. The second kappa shape index (κ2) is 9.46. The lowest BCUT2D eigenvalue weighted by molar-refractivity contribution is -0.123. The molecular formula is C22H22FIN2O4. The molecule has 1 fully saturated rings. The van der Waals surface area contributed by atoms with Gasteiger partial charge in [0.2, 0.25) is 0 Å². The van der Waals surface area contributed by atoms with Gasteiger partial charge in [0.1, 0.15) is 11.5 Å². The first-order valence-corrected chi connectivity index (χ1v) is 10.6. The molecule has 0 radical (unpaired) electrons. The molecule has 0 aliphatic carbocycles. The van der Waals surface area contributed by atoms with Gasteiger partial charge < -0.3 is 14.8 Å². The first-order chi connectivity index (χ1) is 14.3. The first-order valence-electron chi connectivity index (χ1n) is 9.51. The molecule has 6 nitrogen and oxygen atoms in total. The van der Waals surface area contributed by atoms with Crippen LogP contribution in [0.4, 0.5) is 9.18 Å². The Morgan fingerprint density at radius 3 is 2.63 bits per heavy atom. The third-order valence-corrected chi connectivity index (χ3v) is 5.05. The number of amides is 3. The summed E-state index contributed by atoms with van der Waals surface area (Å²) in [6.07, 6.45) is 1.55. The molecule has 0 unspecified atom stereocenters. The molecule has 0 spiro atoms. The van der Waals surface area contributed by atoms with Gasteiger partial charge in [-0.05, 0) is 73.2 Å². The Balaban J connectivity index is 1.88. The molecule has 2 aromatic carbocycles. The number of ether oxygens (including phenoxy) is 2. The van der Waals surface area contributed by atoms with Crippen molar-refractivity contribution in [3.8, 4) is 11.5 Å². The minimum atomic E-state index is -0.589. The van der Waals surface area contributed by atoms with E-state index in [1.165, 1.54) is 6.07 Å². The minimum absolute atomic E-state index is 0.0236. The fourth-order valence-electron chi connectivity index (χ4n) is 2.96. The maximum absolute atomic E-state index is 13.9. The largest absolute Gasteiger partial charge is 0.490 e. The van der Waals surface area contributed by atoms with Gasteiger partial charge in [-0.15, -0.1) is 0 Å². The summed E-state index contributed by atoms with van der Waals surface area (Å²) in [7, 11) is 0. The van der Waals surface area contributed by atoms with Crippen LogP contribution in [0.5, 0.6) is 11.5 Å². The van der Waals surface area contributed by atoms with Crippen LogP contribution in [-0.2, 0) is 11.3 Å². The molecule has 1 N–H and O–H groups in total. The smallest absolute Gasteiger partial charge is 0.329 e. The lowest BCUT2D eigenvalue weighted by Crippen LogP contribution is -2.30. The number of hydrogen-bond donors (Lipinski definition) is 1. The van der Waals surface area contributed by atoms with Gasteiger partial charge in [-0.3, -0.25) is 9.69 Å². The summed E-state index contributed by atoms with van der Waals surface area (Å²) in [6, 6.07) is 9.06. The lowest BCUT2D eigenvalue weighted by Gasteiger charge is -2.17. The Hall–Kier alpha value is -2.62. The van der Waals surface area contributed by atoms with E-state index < -0.39 is 17.8 Å². The fraction of sp³-hybridized carbons (Fsp3) is 0.273. The molecular weight excluding hydrogens is 502 g/mol. The van der Waals surface area contributed by atoms with E-state index in [0.717, 1.165) is 8.47 Å². The predicted octanol–water partition coefficient (Wildman–Crippen LogP) is 4.71. The molecule has 1 heterocycles. The van der Waals surface area contributed by atoms with Crippen LogP contribution in [0.1, 0.15) is 31.9 Å². The van der Waals surface area contributed by atoms with E-state index in [-0.39, 0.29) is 23.9 Å². The van der Waals surface area contributed by atoms with Crippen LogP contribution in [0, 0.1) is 9.39 Å². The van der Waals surface area contributed by atoms with E-state index in [4.69, 9.17) is 9.47 Å². The Morgan fingerprint density at radius 2 is 1.97 bits per heavy atom. The van der Waals surface area contributed by atoms with Gasteiger partial charge in [0, 0.05) is 5.56 Å². The molecule has 158 valence electrons. The van der Waals surface area contributed by atoms with Gasteiger partial charge in [-0.2, -0.15) is 0 Å². The molecule has 8 heteroatoms. The molecule has 0 saturated carbocycles. The van der Waals surface area contributed by atoms with Crippen molar-refractivity contribution in [3.05, 3.63) is 62.6 Å². The van der Waals surface area contributed by atoms with Gasteiger partial charge in [-0.25, -0.2) is 9.18 Å². The van der Waals surface area contributed by atoms with E-state index in [1.54, 1.807) is 30.3 Å². The molecule has 2 aromatic rings. The number of carbonyl (C=O) groups excluding carboxylic acids is 2. The molecule has 0 atom stereocenters. The summed E-state index contributed by atoms with van der Waals surface area (Å²) >= 11 is 2.14. The van der Waals surface area contributed by atoms with Crippen molar-refractivity contribution in [2.45, 2.75) is 33.4 Å². The number of carbonyl (C=O) groups is 2. The number of urea groups is 1. The summed E-state index contributed by atoms with van der Waals surface area (Å²) in [5, 5.41) is 2.56. The monoisotopic (exact) mass is 524 g/mol. The zero-order valence-electron chi connectivity index (χ0n) is 16.9. The van der Waals surface area contributed by atoms with Gasteiger partial charge >= 0.3 is 6.03 Å². The van der Waals surface area contributed by atoms with Crippen LogP contribution in [0.3, 0.4) is 0 Å². The quantitative estimate of drug-likeness (QED) is 0.324. The number of imide groups is 1. The van der Waals surface area contributed by atoms with Crippen LogP contribution >= 0.6 is 22.6 Å². The SMILES string of the molecule is CCOc1cc(/C=C2/NC(=O)N(Cc3ccccc3F)C2=O)cc(I)c1OC(C)C. The van der Waals surface area contributed by atoms with Gasteiger partial charge in [0.25, 0.3) is 5.91 Å². The molecule has 1 aliphatic heterocycles. The van der Waals surface area contributed by atoms with Crippen LogP contribution in [0.15, 0.2) is 42.1 Å². The van der Waals surface area contributed by atoms with E-state index in [1.807, 2.05) is 26.8 Å². The van der Waals surface area contributed by atoms with Crippen LogP contribution in [0.2, 0.25) is 0 Å². The van der Waals surface area contributed by atoms with Crippen LogP contribution < -0.4 is 14.8 Å². The Morgan fingerprint density at radius 1 is 1.23 bits per heavy atom. The van der Waals surface area contributed by atoms with E-state index in [9.17, 15) is 14.0 Å². The number of nitrogens with zero attached hydrogens (tertiary/aromatic N) is 1. The first kappa shape index (κ1) is 22.1. The number of hydrogen-bond acceptors (Lipinski definition) is 4. The van der Waals surface area contributed by atoms with Gasteiger partial charge in [-0.1, -0.05) is 18.2 Å². The second-order valence-corrected chi connectivity index (χ2v) is 8.06. The summed E-state index contributed by atoms with van der Waals surface area (Å²) in [4.78, 5) is 26.0.